The van der Waals surface area contributed by atoms with Gasteiger partial charge in [0.1, 0.15) is 5.76 Å². The highest BCUT2D eigenvalue weighted by molar-refractivity contribution is 5.80. The van der Waals surface area contributed by atoms with Gasteiger partial charge in [-0.15, -0.1) is 0 Å². The quantitative estimate of drug-likeness (QED) is 0.510. The van der Waals surface area contributed by atoms with Crippen LogP contribution in [0.4, 0.5) is 5.69 Å². The molecule has 0 aliphatic carbocycles. The number of aliphatic imine (C=N–C) groups is 1. The normalized spacial score (nSPS) is 20.7. The molecule has 2 fully saturated rings. The molecule has 2 N–H and O–H groups in total. The van der Waals surface area contributed by atoms with Gasteiger partial charge in [-0.25, -0.2) is 4.98 Å². The summed E-state index contributed by atoms with van der Waals surface area (Å²) in [6.07, 6.45) is 3.48. The average molecular weight is 439 g/mol. The highest BCUT2D eigenvalue weighted by atomic mass is 16.4. The number of nitrogens with one attached hydrogen (secondary N) is 2. The molecule has 2 aliphatic heterocycles. The second-order valence-electron chi connectivity index (χ2n) is 9.10. The number of hydrogen-bond acceptors (Lipinski definition) is 5. The number of anilines is 1. The molecule has 7 heteroatoms. The van der Waals surface area contributed by atoms with Crippen LogP contribution in [0.1, 0.15) is 43.5 Å². The summed E-state index contributed by atoms with van der Waals surface area (Å²) in [5.74, 6) is 3.37. The second-order valence-corrected chi connectivity index (χ2v) is 9.10. The van der Waals surface area contributed by atoms with Crippen molar-refractivity contribution in [3.05, 3.63) is 47.7 Å². The van der Waals surface area contributed by atoms with E-state index in [-0.39, 0.29) is 0 Å². The first-order valence-electron chi connectivity index (χ1n) is 12.1. The van der Waals surface area contributed by atoms with Crippen LogP contribution < -0.4 is 15.5 Å². The SMILES string of the molecule is CCNC(=NCC1CCN(Cc2nc(C)c(C)o2)CC1)NC1CCN(c2ccccc2)C1. The maximum absolute atomic E-state index is 5.75. The summed E-state index contributed by atoms with van der Waals surface area (Å²) in [5, 5.41) is 7.11. The molecule has 2 aliphatic rings. The first-order valence-corrected chi connectivity index (χ1v) is 12.1. The van der Waals surface area contributed by atoms with E-state index in [9.17, 15) is 0 Å². The molecule has 1 atom stereocenters. The lowest BCUT2D eigenvalue weighted by atomic mass is 9.97. The van der Waals surface area contributed by atoms with E-state index in [4.69, 9.17) is 9.41 Å². The van der Waals surface area contributed by atoms with E-state index in [1.807, 2.05) is 13.8 Å². The van der Waals surface area contributed by atoms with Crippen molar-refractivity contribution in [3.8, 4) is 0 Å². The third kappa shape index (κ3) is 6.03. The highest BCUT2D eigenvalue weighted by Gasteiger charge is 2.24. The number of hydrogen-bond donors (Lipinski definition) is 2. The predicted molar refractivity (Wildman–Crippen MR) is 130 cm³/mol. The van der Waals surface area contributed by atoms with Crippen molar-refractivity contribution in [3.63, 3.8) is 0 Å². The predicted octanol–water partition coefficient (Wildman–Crippen LogP) is 3.34. The van der Waals surface area contributed by atoms with Crippen molar-refractivity contribution in [2.45, 2.75) is 52.6 Å². The third-order valence-corrected chi connectivity index (χ3v) is 6.64. The lowest BCUT2D eigenvalue weighted by molar-refractivity contribution is 0.166. The van der Waals surface area contributed by atoms with Gasteiger partial charge in [0.2, 0.25) is 5.89 Å². The number of rotatable bonds is 7. The van der Waals surface area contributed by atoms with Crippen molar-refractivity contribution in [2.24, 2.45) is 10.9 Å². The number of oxazole rings is 1. The molecular formula is C25H38N6O. The van der Waals surface area contributed by atoms with Gasteiger partial charge in [0.05, 0.1) is 12.2 Å². The number of piperidine rings is 1. The van der Waals surface area contributed by atoms with Crippen LogP contribution in [0, 0.1) is 19.8 Å². The summed E-state index contributed by atoms with van der Waals surface area (Å²) >= 11 is 0. The molecule has 1 unspecified atom stereocenters. The van der Waals surface area contributed by atoms with Gasteiger partial charge in [-0.3, -0.25) is 9.89 Å². The molecule has 4 rings (SSSR count). The number of para-hydroxylation sites is 1. The van der Waals surface area contributed by atoms with Gasteiger partial charge in [0.25, 0.3) is 0 Å². The first-order chi connectivity index (χ1) is 15.6. The van der Waals surface area contributed by atoms with E-state index in [0.29, 0.717) is 12.0 Å². The molecule has 0 radical (unpaired) electrons. The van der Waals surface area contributed by atoms with Crippen molar-refractivity contribution in [1.29, 1.82) is 0 Å². The number of aryl methyl sites for hydroxylation is 2. The summed E-state index contributed by atoms with van der Waals surface area (Å²) in [4.78, 5) is 14.4. The van der Waals surface area contributed by atoms with Gasteiger partial charge in [-0.2, -0.15) is 0 Å². The Morgan fingerprint density at radius 3 is 2.59 bits per heavy atom. The van der Waals surface area contributed by atoms with Crippen molar-refractivity contribution in [2.75, 3.05) is 44.2 Å². The molecule has 2 saturated heterocycles. The monoisotopic (exact) mass is 438 g/mol. The van der Waals surface area contributed by atoms with E-state index < -0.39 is 0 Å². The Morgan fingerprint density at radius 1 is 1.12 bits per heavy atom. The number of benzene rings is 1. The van der Waals surface area contributed by atoms with E-state index in [1.165, 1.54) is 18.5 Å². The van der Waals surface area contributed by atoms with Crippen LogP contribution in [-0.2, 0) is 6.54 Å². The van der Waals surface area contributed by atoms with Crippen LogP contribution in [0.2, 0.25) is 0 Å². The maximum atomic E-state index is 5.75. The smallest absolute Gasteiger partial charge is 0.208 e. The Morgan fingerprint density at radius 2 is 1.91 bits per heavy atom. The summed E-state index contributed by atoms with van der Waals surface area (Å²) in [7, 11) is 0. The molecule has 174 valence electrons. The van der Waals surface area contributed by atoms with Crippen molar-refractivity contribution in [1.82, 2.24) is 20.5 Å². The fourth-order valence-corrected chi connectivity index (χ4v) is 4.61. The van der Waals surface area contributed by atoms with Gasteiger partial charge < -0.3 is 20.0 Å². The van der Waals surface area contributed by atoms with Gasteiger partial charge in [0.15, 0.2) is 5.96 Å². The number of likely N-dealkylation sites (tertiary alicyclic amines) is 1. The standard InChI is InChI=1S/C25H38N6O/c1-4-26-25(29-22-12-15-31(17-22)23-8-6-5-7-9-23)27-16-21-10-13-30(14-11-21)18-24-28-19(2)20(3)32-24/h5-9,21-22H,4,10-18H2,1-3H3,(H2,26,27,29). The van der Waals surface area contributed by atoms with Crippen LogP contribution >= 0.6 is 0 Å². The molecule has 0 amide bonds. The topological polar surface area (TPSA) is 68.9 Å². The maximum Gasteiger partial charge on any atom is 0.208 e. The average Bonchev–Trinajstić information content (AvgIpc) is 3.40. The Bertz CT molecular complexity index is 852. The number of aromatic nitrogens is 1. The minimum absolute atomic E-state index is 0.433. The lowest BCUT2D eigenvalue weighted by Crippen LogP contribution is -2.45. The Hall–Kier alpha value is -2.54. The fraction of sp³-hybridized carbons (Fsp3) is 0.600. The van der Waals surface area contributed by atoms with Gasteiger partial charge in [-0.05, 0) is 71.2 Å². The lowest BCUT2D eigenvalue weighted by Gasteiger charge is -2.30. The van der Waals surface area contributed by atoms with Crippen LogP contribution in [0.3, 0.4) is 0 Å². The van der Waals surface area contributed by atoms with E-state index in [1.54, 1.807) is 0 Å². The molecule has 3 heterocycles. The van der Waals surface area contributed by atoms with Gasteiger partial charge in [0, 0.05) is 37.9 Å². The van der Waals surface area contributed by atoms with Crippen LogP contribution in [-0.4, -0.2) is 61.2 Å². The molecule has 7 nitrogen and oxygen atoms in total. The summed E-state index contributed by atoms with van der Waals surface area (Å²) < 4.78 is 5.75. The number of nitrogens with zero attached hydrogens (tertiary/aromatic N) is 4. The van der Waals surface area contributed by atoms with Crippen LogP contribution in [0.15, 0.2) is 39.7 Å². The minimum atomic E-state index is 0.433. The minimum Gasteiger partial charge on any atom is -0.444 e. The van der Waals surface area contributed by atoms with Crippen molar-refractivity contribution < 1.29 is 4.42 Å². The molecule has 0 bridgehead atoms. The van der Waals surface area contributed by atoms with Crippen LogP contribution in [0.5, 0.6) is 0 Å². The molecule has 0 saturated carbocycles. The molecule has 0 spiro atoms. The molecule has 1 aromatic heterocycles. The molecule has 2 aromatic rings. The first kappa shape index (κ1) is 22.6. The van der Waals surface area contributed by atoms with Gasteiger partial charge in [-0.1, -0.05) is 18.2 Å². The zero-order valence-electron chi connectivity index (χ0n) is 19.8. The second kappa shape index (κ2) is 10.9. The summed E-state index contributed by atoms with van der Waals surface area (Å²) in [6.45, 7) is 13.0. The number of guanidine groups is 1. The summed E-state index contributed by atoms with van der Waals surface area (Å²) in [6, 6.07) is 11.1. The summed E-state index contributed by atoms with van der Waals surface area (Å²) in [5.41, 5.74) is 2.31. The van der Waals surface area contributed by atoms with Crippen LogP contribution in [0.25, 0.3) is 0 Å². The zero-order valence-corrected chi connectivity index (χ0v) is 19.8. The molecule has 32 heavy (non-hydrogen) atoms. The van der Waals surface area contributed by atoms with E-state index in [2.05, 4.69) is 62.7 Å². The Labute approximate surface area is 192 Å². The van der Waals surface area contributed by atoms with E-state index >= 15 is 0 Å². The third-order valence-electron chi connectivity index (χ3n) is 6.64. The Balaban J connectivity index is 1.23. The molecule has 1 aromatic carbocycles. The zero-order chi connectivity index (χ0) is 22.3. The van der Waals surface area contributed by atoms with Crippen molar-refractivity contribution >= 4 is 11.6 Å². The molecular weight excluding hydrogens is 400 g/mol. The largest absolute Gasteiger partial charge is 0.444 e. The fourth-order valence-electron chi connectivity index (χ4n) is 4.61. The van der Waals surface area contributed by atoms with Gasteiger partial charge >= 0.3 is 0 Å². The Kier molecular flexibility index (Phi) is 7.68. The van der Waals surface area contributed by atoms with E-state index in [0.717, 1.165) is 75.5 Å². The highest BCUT2D eigenvalue weighted by Crippen LogP contribution is 2.21.